The Morgan fingerprint density at radius 3 is 2.97 bits per heavy atom. The van der Waals surface area contributed by atoms with Crippen molar-refractivity contribution in [2.45, 2.75) is 77.0 Å². The van der Waals surface area contributed by atoms with E-state index >= 15 is 0 Å². The van der Waals surface area contributed by atoms with Gasteiger partial charge in [-0.05, 0) is 32.1 Å². The van der Waals surface area contributed by atoms with Gasteiger partial charge in [0.25, 0.3) is 0 Å². The number of rotatable bonds is 6. The number of hydrogen-bond acceptors (Lipinski definition) is 7. The predicted octanol–water partition coefficient (Wildman–Crippen LogP) is 2.74. The Morgan fingerprint density at radius 2 is 2.16 bits per heavy atom. The number of carbonyl (C=O) groups is 1. The van der Waals surface area contributed by atoms with Crippen molar-refractivity contribution >= 4 is 11.8 Å². The van der Waals surface area contributed by atoms with E-state index in [0.717, 1.165) is 37.8 Å². The second-order valence-corrected chi connectivity index (χ2v) is 9.96. The predicted molar refractivity (Wildman–Crippen MR) is 115 cm³/mol. The van der Waals surface area contributed by atoms with Crippen LogP contribution in [0.4, 0.5) is 0 Å². The van der Waals surface area contributed by atoms with Crippen LogP contribution < -0.4 is 5.32 Å². The number of amides is 1. The molecule has 1 spiro atoms. The van der Waals surface area contributed by atoms with E-state index in [1.807, 2.05) is 6.92 Å². The fraction of sp³-hybridized carbons (Fsp3) is 0.783. The van der Waals surface area contributed by atoms with Crippen molar-refractivity contribution in [2.24, 2.45) is 28.7 Å². The van der Waals surface area contributed by atoms with Crippen LogP contribution in [0.2, 0.25) is 0 Å². The maximum Gasteiger partial charge on any atom is 0.237 e. The lowest BCUT2D eigenvalue weighted by Crippen LogP contribution is -2.69. The molecule has 2 bridgehead atoms. The quantitative estimate of drug-likeness (QED) is 0.651. The lowest BCUT2D eigenvalue weighted by Gasteiger charge is -2.58. The second kappa shape index (κ2) is 8.43. The molecular formula is C23H34N4O5. The summed E-state index contributed by atoms with van der Waals surface area (Å²) >= 11 is 0. The maximum atomic E-state index is 12.2. The zero-order valence-electron chi connectivity index (χ0n) is 19.1. The van der Waals surface area contributed by atoms with E-state index in [2.05, 4.69) is 29.1 Å². The first-order chi connectivity index (χ1) is 15.4. The molecule has 2 N–H and O–H groups in total. The molecule has 5 fully saturated rings. The standard InChI is InChI=1S/C23H34N4O5/c1-14-4-5-18-15(2)20(26-11-8-19(28)25-10-7-16-12-24-13-27-16)29-21-23(18)17(14)6-9-22(3,30-21)31-32-23/h12-15,17-18,21H,4-11H2,1-3H3,(H,24,27)(H,25,28)/b26-20+. The first-order valence-electron chi connectivity index (χ1n) is 11.9. The fourth-order valence-electron chi connectivity index (χ4n) is 6.07. The van der Waals surface area contributed by atoms with Crippen molar-refractivity contribution in [2.75, 3.05) is 13.1 Å². The molecule has 1 saturated carbocycles. The van der Waals surface area contributed by atoms with E-state index in [0.29, 0.717) is 37.2 Å². The minimum Gasteiger partial charge on any atom is -0.448 e. The average molecular weight is 447 g/mol. The van der Waals surface area contributed by atoms with Crippen LogP contribution in [-0.2, 0) is 30.5 Å². The number of imidazole rings is 1. The third-order valence-corrected chi connectivity index (χ3v) is 7.87. The van der Waals surface area contributed by atoms with E-state index in [4.69, 9.17) is 24.2 Å². The van der Waals surface area contributed by atoms with Gasteiger partial charge >= 0.3 is 0 Å². The van der Waals surface area contributed by atoms with Gasteiger partial charge in [-0.3, -0.25) is 9.79 Å². The van der Waals surface area contributed by atoms with Crippen LogP contribution in [0.1, 0.15) is 58.6 Å². The number of fused-ring (bicyclic) bond motifs is 2. The number of aliphatic imine (C=N–C) groups is 1. The largest absolute Gasteiger partial charge is 0.448 e. The van der Waals surface area contributed by atoms with E-state index < -0.39 is 17.7 Å². The molecule has 1 aliphatic carbocycles. The molecule has 7 unspecified atom stereocenters. The number of aromatic amines is 1. The van der Waals surface area contributed by atoms with Gasteiger partial charge in [0.2, 0.25) is 18.0 Å². The number of nitrogens with zero attached hydrogens (tertiary/aromatic N) is 2. The molecule has 5 aliphatic rings. The van der Waals surface area contributed by atoms with Gasteiger partial charge in [-0.1, -0.05) is 13.8 Å². The van der Waals surface area contributed by atoms with E-state index in [-0.39, 0.29) is 17.7 Å². The van der Waals surface area contributed by atoms with Gasteiger partial charge in [0.15, 0.2) is 11.5 Å². The minimum atomic E-state index is -0.794. The van der Waals surface area contributed by atoms with Crippen molar-refractivity contribution in [1.29, 1.82) is 0 Å². The van der Waals surface area contributed by atoms with Crippen LogP contribution in [0, 0.1) is 23.7 Å². The molecule has 0 aromatic carbocycles. The first kappa shape index (κ1) is 21.9. The minimum absolute atomic E-state index is 0.0191. The number of H-pyrrole nitrogens is 1. The summed E-state index contributed by atoms with van der Waals surface area (Å²) in [7, 11) is 0. The van der Waals surface area contributed by atoms with Crippen molar-refractivity contribution in [3.8, 4) is 0 Å². The number of carbonyl (C=O) groups excluding carboxylic acids is 1. The fourth-order valence-corrected chi connectivity index (χ4v) is 6.07. The Morgan fingerprint density at radius 1 is 1.28 bits per heavy atom. The van der Waals surface area contributed by atoms with E-state index in [1.165, 1.54) is 0 Å². The summed E-state index contributed by atoms with van der Waals surface area (Å²) in [6.07, 6.45) is 7.89. The lowest BCUT2D eigenvalue weighted by atomic mass is 9.58. The van der Waals surface area contributed by atoms with Crippen LogP contribution in [0.15, 0.2) is 17.5 Å². The molecule has 1 aromatic rings. The van der Waals surface area contributed by atoms with Gasteiger partial charge in [0.1, 0.15) is 0 Å². The molecule has 6 rings (SSSR count). The number of aromatic nitrogens is 2. The summed E-state index contributed by atoms with van der Waals surface area (Å²) in [5, 5.41) is 2.93. The van der Waals surface area contributed by atoms with E-state index in [9.17, 15) is 4.79 Å². The maximum absolute atomic E-state index is 12.2. The van der Waals surface area contributed by atoms with Gasteiger partial charge in [0, 0.05) is 55.5 Å². The molecule has 9 heteroatoms. The highest BCUT2D eigenvalue weighted by Gasteiger charge is 2.69. The van der Waals surface area contributed by atoms with Gasteiger partial charge in [-0.2, -0.15) is 0 Å². The third-order valence-electron chi connectivity index (χ3n) is 7.87. The smallest absolute Gasteiger partial charge is 0.237 e. The highest BCUT2D eigenvalue weighted by molar-refractivity contribution is 5.81. The highest BCUT2D eigenvalue weighted by atomic mass is 17.3. The monoisotopic (exact) mass is 446 g/mol. The highest BCUT2D eigenvalue weighted by Crippen LogP contribution is 2.59. The van der Waals surface area contributed by atoms with Crippen LogP contribution >= 0.6 is 0 Å². The number of hydrogen-bond donors (Lipinski definition) is 2. The van der Waals surface area contributed by atoms with Crippen molar-refractivity contribution in [3.63, 3.8) is 0 Å². The molecule has 1 aromatic heterocycles. The van der Waals surface area contributed by atoms with Gasteiger partial charge in [0.05, 0.1) is 12.9 Å². The summed E-state index contributed by atoms with van der Waals surface area (Å²) in [6, 6.07) is 0. The SMILES string of the molecule is CC1CCC2C(C)/C(=N\CCC(=O)NCCc3cnc[nH]3)OC3OC4(C)CCC1C32OO4. The van der Waals surface area contributed by atoms with Crippen molar-refractivity contribution in [3.05, 3.63) is 18.2 Å². The molecule has 0 radical (unpaired) electrons. The Balaban J connectivity index is 1.24. The molecule has 7 atom stereocenters. The normalized spacial score (nSPS) is 41.6. The first-order valence-corrected chi connectivity index (χ1v) is 11.9. The Kier molecular flexibility index (Phi) is 5.75. The molecule has 32 heavy (non-hydrogen) atoms. The van der Waals surface area contributed by atoms with Gasteiger partial charge in [-0.25, -0.2) is 14.8 Å². The lowest BCUT2D eigenvalue weighted by molar-refractivity contribution is -0.557. The summed E-state index contributed by atoms with van der Waals surface area (Å²) in [6.45, 7) is 7.32. The molecule has 9 nitrogen and oxygen atoms in total. The Labute approximate surface area is 188 Å². The number of nitrogens with one attached hydrogen (secondary N) is 2. The van der Waals surface area contributed by atoms with Crippen molar-refractivity contribution in [1.82, 2.24) is 15.3 Å². The number of ether oxygens (including phenoxy) is 2. The van der Waals surface area contributed by atoms with Crippen LogP contribution in [-0.4, -0.2) is 52.5 Å². The summed E-state index contributed by atoms with van der Waals surface area (Å²) in [5.74, 6) is 1.02. The zero-order valence-corrected chi connectivity index (χ0v) is 19.1. The topological polar surface area (TPSA) is 107 Å². The van der Waals surface area contributed by atoms with Crippen LogP contribution in [0.5, 0.6) is 0 Å². The van der Waals surface area contributed by atoms with Gasteiger partial charge < -0.3 is 19.8 Å². The second-order valence-electron chi connectivity index (χ2n) is 9.96. The van der Waals surface area contributed by atoms with Crippen LogP contribution in [0.25, 0.3) is 0 Å². The Bertz CT molecular complexity index is 861. The summed E-state index contributed by atoms with van der Waals surface area (Å²) in [4.78, 5) is 35.9. The third kappa shape index (κ3) is 3.74. The zero-order chi connectivity index (χ0) is 22.3. The van der Waals surface area contributed by atoms with Crippen molar-refractivity contribution < 1.29 is 24.0 Å². The van der Waals surface area contributed by atoms with Gasteiger partial charge in [-0.15, -0.1) is 0 Å². The molecule has 5 heterocycles. The summed E-state index contributed by atoms with van der Waals surface area (Å²) < 4.78 is 12.7. The molecule has 1 amide bonds. The van der Waals surface area contributed by atoms with E-state index in [1.54, 1.807) is 12.5 Å². The summed E-state index contributed by atoms with van der Waals surface area (Å²) in [5.41, 5.74) is 0.414. The molecular weight excluding hydrogens is 412 g/mol. The van der Waals surface area contributed by atoms with Crippen LogP contribution in [0.3, 0.4) is 0 Å². The molecule has 176 valence electrons. The Hall–Kier alpha value is -1.97. The molecule has 4 aliphatic heterocycles. The molecule has 4 saturated heterocycles. The average Bonchev–Trinajstić information content (AvgIpc) is 3.18.